The van der Waals surface area contributed by atoms with Crippen LogP contribution in [0.5, 0.6) is 0 Å². The Hall–Kier alpha value is -1.10. The molecule has 114 valence electrons. The van der Waals surface area contributed by atoms with E-state index in [1.165, 1.54) is 11.8 Å². The van der Waals surface area contributed by atoms with Crippen LogP contribution in [-0.4, -0.2) is 67.1 Å². The number of nitrogens with zero attached hydrogens (tertiary/aromatic N) is 3. The average Bonchev–Trinajstić information content (AvgIpc) is 2.85. The van der Waals surface area contributed by atoms with Gasteiger partial charge in [-0.3, -0.25) is 0 Å². The highest BCUT2D eigenvalue weighted by atomic mass is 16.7. The summed E-state index contributed by atoms with van der Waals surface area (Å²) in [5, 5.41) is 46.2. The Morgan fingerprint density at radius 1 is 1.25 bits per heavy atom. The van der Waals surface area contributed by atoms with Gasteiger partial charge in [-0.15, -0.1) is 5.10 Å². The summed E-state index contributed by atoms with van der Waals surface area (Å²) in [5.74, 6) is 0. The maximum absolute atomic E-state index is 10.2. The highest BCUT2D eigenvalue weighted by Gasteiger charge is 2.45. The van der Waals surface area contributed by atoms with Crippen LogP contribution >= 0.6 is 0 Å². The molecule has 1 aliphatic heterocycles. The predicted octanol–water partition coefficient (Wildman–Crippen LogP) is -2.08. The summed E-state index contributed by atoms with van der Waals surface area (Å²) in [6.07, 6.45) is -3.93. The number of hydrogen-bond donors (Lipinski definition) is 4. The van der Waals surface area contributed by atoms with Crippen molar-refractivity contribution in [1.29, 1.82) is 0 Å². The molecule has 1 saturated heterocycles. The Morgan fingerprint density at radius 3 is 2.50 bits per heavy atom. The maximum atomic E-state index is 10.2. The summed E-state index contributed by atoms with van der Waals surface area (Å²) >= 11 is 0. The molecule has 2 heterocycles. The van der Waals surface area contributed by atoms with Crippen molar-refractivity contribution in [1.82, 2.24) is 15.0 Å². The summed E-state index contributed by atoms with van der Waals surface area (Å²) in [6, 6.07) is -0.744. The van der Waals surface area contributed by atoms with Crippen LogP contribution in [-0.2, 0) is 22.7 Å². The van der Waals surface area contributed by atoms with Gasteiger partial charge in [0.15, 0.2) is 6.29 Å². The van der Waals surface area contributed by atoms with Crippen molar-refractivity contribution in [2.24, 2.45) is 0 Å². The molecule has 0 unspecified atom stereocenters. The molecule has 1 aromatic rings. The zero-order chi connectivity index (χ0) is 14.9. The zero-order valence-electron chi connectivity index (χ0n) is 11.2. The Morgan fingerprint density at radius 2 is 1.95 bits per heavy atom. The molecule has 4 N–H and O–H groups in total. The van der Waals surface area contributed by atoms with Crippen LogP contribution < -0.4 is 0 Å². The van der Waals surface area contributed by atoms with Crippen molar-refractivity contribution in [2.45, 2.75) is 50.8 Å². The van der Waals surface area contributed by atoms with Gasteiger partial charge in [0.05, 0.1) is 25.0 Å². The molecule has 1 fully saturated rings. The lowest BCUT2D eigenvalue weighted by atomic mass is 9.97. The number of rotatable bonds is 4. The molecule has 20 heavy (non-hydrogen) atoms. The van der Waals surface area contributed by atoms with Crippen molar-refractivity contribution in [3.63, 3.8) is 0 Å². The first kappa shape index (κ1) is 15.3. The second-order valence-electron chi connectivity index (χ2n) is 4.66. The first-order valence-electron chi connectivity index (χ1n) is 6.24. The molecule has 1 aliphatic rings. The number of methoxy groups -OCH3 is 1. The minimum absolute atomic E-state index is 0.218. The van der Waals surface area contributed by atoms with Gasteiger partial charge in [0.2, 0.25) is 0 Å². The van der Waals surface area contributed by atoms with Gasteiger partial charge in [-0.1, -0.05) is 5.21 Å². The molecular formula is C11H19N3O6. The quantitative estimate of drug-likeness (QED) is 0.497. The van der Waals surface area contributed by atoms with E-state index in [9.17, 15) is 15.3 Å². The van der Waals surface area contributed by atoms with E-state index in [1.54, 1.807) is 6.92 Å². The van der Waals surface area contributed by atoms with Crippen molar-refractivity contribution >= 4 is 0 Å². The lowest BCUT2D eigenvalue weighted by Gasteiger charge is -2.41. The van der Waals surface area contributed by atoms with Gasteiger partial charge >= 0.3 is 0 Å². The van der Waals surface area contributed by atoms with E-state index in [0.717, 1.165) is 0 Å². The normalized spacial score (nSPS) is 34.4. The molecule has 0 radical (unpaired) electrons. The van der Waals surface area contributed by atoms with Gasteiger partial charge in [0, 0.05) is 7.11 Å². The second kappa shape index (κ2) is 6.12. The fourth-order valence-electron chi connectivity index (χ4n) is 2.42. The van der Waals surface area contributed by atoms with Gasteiger partial charge in [0.25, 0.3) is 0 Å². The van der Waals surface area contributed by atoms with E-state index in [1.807, 2.05) is 0 Å². The lowest BCUT2D eigenvalue weighted by Crippen LogP contribution is -2.55. The molecule has 0 saturated carbocycles. The maximum Gasteiger partial charge on any atom is 0.186 e. The second-order valence-corrected chi connectivity index (χ2v) is 4.66. The van der Waals surface area contributed by atoms with E-state index in [2.05, 4.69) is 10.3 Å². The van der Waals surface area contributed by atoms with Crippen LogP contribution in [0.4, 0.5) is 0 Å². The standard InChI is InChI=1S/C11H19N3O6/c1-5-8(9(17)10(18)11(19-2)20-5)14-7(4-16)6(3-15)12-13-14/h5,8-11,15-18H,3-4H2,1-2H3/t5-,8-,9+,10-,11+/m1/s1. The largest absolute Gasteiger partial charge is 0.390 e. The molecule has 0 bridgehead atoms. The van der Waals surface area contributed by atoms with E-state index in [-0.39, 0.29) is 18.0 Å². The fourth-order valence-corrected chi connectivity index (χ4v) is 2.42. The zero-order valence-corrected chi connectivity index (χ0v) is 11.2. The van der Waals surface area contributed by atoms with Crippen LogP contribution in [0.2, 0.25) is 0 Å². The molecule has 0 aliphatic carbocycles. The van der Waals surface area contributed by atoms with E-state index in [0.29, 0.717) is 0 Å². The number of aliphatic hydroxyl groups is 4. The van der Waals surface area contributed by atoms with Crippen molar-refractivity contribution in [3.05, 3.63) is 11.4 Å². The third-order valence-electron chi connectivity index (χ3n) is 3.49. The van der Waals surface area contributed by atoms with Gasteiger partial charge < -0.3 is 29.9 Å². The molecule has 5 atom stereocenters. The summed E-state index contributed by atoms with van der Waals surface area (Å²) in [6.45, 7) is 0.910. The first-order valence-corrected chi connectivity index (χ1v) is 6.24. The number of ether oxygens (including phenoxy) is 2. The molecule has 9 nitrogen and oxygen atoms in total. The van der Waals surface area contributed by atoms with Crippen LogP contribution in [0.3, 0.4) is 0 Å². The minimum atomic E-state index is -1.26. The third kappa shape index (κ3) is 2.43. The molecule has 0 aromatic carbocycles. The Balaban J connectivity index is 2.34. The summed E-state index contributed by atoms with van der Waals surface area (Å²) in [4.78, 5) is 0. The molecule has 0 amide bonds. The molecule has 9 heteroatoms. The summed E-state index contributed by atoms with van der Waals surface area (Å²) in [7, 11) is 1.37. The van der Waals surface area contributed by atoms with Crippen LogP contribution in [0, 0.1) is 0 Å². The summed E-state index contributed by atoms with van der Waals surface area (Å²) < 4.78 is 11.7. The molecule has 2 rings (SSSR count). The van der Waals surface area contributed by atoms with E-state index in [4.69, 9.17) is 14.6 Å². The van der Waals surface area contributed by atoms with Crippen molar-refractivity contribution < 1.29 is 29.9 Å². The van der Waals surface area contributed by atoms with Gasteiger partial charge in [-0.2, -0.15) is 0 Å². The molecule has 1 aromatic heterocycles. The third-order valence-corrected chi connectivity index (χ3v) is 3.49. The minimum Gasteiger partial charge on any atom is -0.390 e. The highest BCUT2D eigenvalue weighted by molar-refractivity contribution is 5.10. The van der Waals surface area contributed by atoms with Gasteiger partial charge in [0.1, 0.15) is 23.9 Å². The Bertz CT molecular complexity index is 453. The van der Waals surface area contributed by atoms with Gasteiger partial charge in [-0.25, -0.2) is 4.68 Å². The topological polar surface area (TPSA) is 130 Å². The van der Waals surface area contributed by atoms with E-state index < -0.39 is 37.3 Å². The SMILES string of the molecule is CO[C@H]1O[C@H](C)[C@@H](n2nnc(CO)c2CO)[C@H](O)[C@H]1O. The van der Waals surface area contributed by atoms with Crippen LogP contribution in [0.25, 0.3) is 0 Å². The van der Waals surface area contributed by atoms with E-state index >= 15 is 0 Å². The Kier molecular flexibility index (Phi) is 4.68. The van der Waals surface area contributed by atoms with Gasteiger partial charge in [-0.05, 0) is 6.92 Å². The smallest absolute Gasteiger partial charge is 0.186 e. The summed E-state index contributed by atoms with van der Waals surface area (Å²) in [5.41, 5.74) is 0.491. The number of hydrogen-bond acceptors (Lipinski definition) is 8. The average molecular weight is 289 g/mol. The predicted molar refractivity (Wildman–Crippen MR) is 64.3 cm³/mol. The molecule has 0 spiro atoms. The van der Waals surface area contributed by atoms with Crippen molar-refractivity contribution in [2.75, 3.05) is 7.11 Å². The molecular weight excluding hydrogens is 270 g/mol. The highest BCUT2D eigenvalue weighted by Crippen LogP contribution is 2.31. The number of aromatic nitrogens is 3. The Labute approximate surface area is 115 Å². The fraction of sp³-hybridized carbons (Fsp3) is 0.818. The van der Waals surface area contributed by atoms with Crippen molar-refractivity contribution in [3.8, 4) is 0 Å². The lowest BCUT2D eigenvalue weighted by molar-refractivity contribution is -0.271. The first-order chi connectivity index (χ1) is 9.54. The number of aliphatic hydroxyl groups excluding tert-OH is 4. The monoisotopic (exact) mass is 289 g/mol. The van der Waals surface area contributed by atoms with Crippen LogP contribution in [0.1, 0.15) is 24.4 Å². The van der Waals surface area contributed by atoms with Crippen LogP contribution in [0.15, 0.2) is 0 Å².